The number of carbonyl (C=O) groups is 2. The highest BCUT2D eigenvalue weighted by atomic mass is 35.5. The minimum Gasteiger partial charge on any atom is -0.326 e. The van der Waals surface area contributed by atoms with Gasteiger partial charge in [0.1, 0.15) is 0 Å². The van der Waals surface area contributed by atoms with E-state index in [0.29, 0.717) is 24.2 Å². The predicted molar refractivity (Wildman–Crippen MR) is 203 cm³/mol. The van der Waals surface area contributed by atoms with E-state index >= 15 is 0 Å². The zero-order chi connectivity index (χ0) is 36.4. The van der Waals surface area contributed by atoms with Gasteiger partial charge in [-0.3, -0.25) is 9.59 Å². The molecule has 5 rings (SSSR count). The number of ketones is 1. The van der Waals surface area contributed by atoms with Crippen LogP contribution in [0.3, 0.4) is 0 Å². The molecule has 0 aliphatic heterocycles. The summed E-state index contributed by atoms with van der Waals surface area (Å²) < 4.78 is 25.3. The summed E-state index contributed by atoms with van der Waals surface area (Å²) in [5, 5.41) is 3.90. The molecule has 0 aromatic heterocycles. The largest absolute Gasteiger partial charge is 0.425 e. The summed E-state index contributed by atoms with van der Waals surface area (Å²) >= 11 is 6.16. The third-order valence-electron chi connectivity index (χ3n) is 9.48. The Kier molecular flexibility index (Phi) is 13.5. The molecule has 262 valence electrons. The van der Waals surface area contributed by atoms with E-state index in [2.05, 4.69) is 56.4 Å². The number of hydrogen-bond acceptors (Lipinski definition) is 5. The molecule has 0 heterocycles. The van der Waals surface area contributed by atoms with Crippen LogP contribution in [0.2, 0.25) is 5.02 Å². The van der Waals surface area contributed by atoms with Gasteiger partial charge in [0.2, 0.25) is 5.91 Å². The normalized spacial score (nSPS) is 14.8. The van der Waals surface area contributed by atoms with Gasteiger partial charge in [-0.2, -0.15) is 0 Å². The second-order valence-electron chi connectivity index (χ2n) is 14.0. The summed E-state index contributed by atoms with van der Waals surface area (Å²) in [5.41, 5.74) is 9.73. The number of carbonyl (C=O) groups excluding carboxylic acids is 2. The van der Waals surface area contributed by atoms with E-state index in [1.54, 1.807) is 0 Å². The third-order valence-corrected chi connectivity index (χ3v) is 9.72. The average Bonchev–Trinajstić information content (AvgIpc) is 3.07. The van der Waals surface area contributed by atoms with E-state index in [1.807, 2.05) is 80.6 Å². The Morgan fingerprint density at radius 3 is 2.04 bits per heavy atom. The molecular weight excluding hydrogens is 666 g/mol. The van der Waals surface area contributed by atoms with Crippen molar-refractivity contribution in [2.45, 2.75) is 79.1 Å². The van der Waals surface area contributed by atoms with E-state index < -0.39 is 16.5 Å². The summed E-state index contributed by atoms with van der Waals surface area (Å²) in [6, 6.07) is 30.2. The smallest absolute Gasteiger partial charge is 0.326 e. The van der Waals surface area contributed by atoms with Crippen LogP contribution >= 0.6 is 11.6 Å². The van der Waals surface area contributed by atoms with Crippen LogP contribution < -0.4 is 5.32 Å². The summed E-state index contributed by atoms with van der Waals surface area (Å²) in [7, 11) is -3.11. The maximum atomic E-state index is 13.9. The molecule has 1 aliphatic rings. The van der Waals surface area contributed by atoms with E-state index in [9.17, 15) is 9.59 Å². The number of Topliss-reactive ketones (excluding diaryl/α,β-unsaturated/α-hetero) is 1. The fourth-order valence-corrected chi connectivity index (χ4v) is 6.75. The fourth-order valence-electron chi connectivity index (χ4n) is 6.52. The molecule has 1 N–H and O–H groups in total. The molecule has 0 unspecified atom stereocenters. The van der Waals surface area contributed by atoms with Crippen LogP contribution in [0.25, 0.3) is 16.7 Å². The second-order valence-corrected chi connectivity index (χ2v) is 14.9. The Bertz CT molecular complexity index is 1920. The van der Waals surface area contributed by atoms with Gasteiger partial charge in [-0.15, -0.1) is 12.6 Å². The van der Waals surface area contributed by atoms with Crippen LogP contribution in [0.1, 0.15) is 98.3 Å². The number of allylic oxidation sites excluding steroid dienone is 2. The number of benzene rings is 4. The van der Waals surface area contributed by atoms with Gasteiger partial charge in [0, 0.05) is 22.7 Å². The molecule has 50 heavy (non-hydrogen) atoms. The first-order chi connectivity index (χ1) is 23.7. The maximum absolute atomic E-state index is 13.9. The monoisotopic (exact) mass is 711 g/mol. The molecule has 0 saturated heterocycles. The Morgan fingerprint density at radius 1 is 0.880 bits per heavy atom. The Morgan fingerprint density at radius 2 is 1.50 bits per heavy atom. The van der Waals surface area contributed by atoms with Gasteiger partial charge in [0.15, 0.2) is 5.78 Å². The lowest BCUT2D eigenvalue weighted by Crippen LogP contribution is -2.23. The van der Waals surface area contributed by atoms with Crippen molar-refractivity contribution in [1.29, 1.82) is 0 Å². The minimum absolute atomic E-state index is 0.0563. The average molecular weight is 712 g/mol. The number of halogens is 1. The predicted octanol–water partition coefficient (Wildman–Crippen LogP) is 10.5. The lowest BCUT2D eigenvalue weighted by atomic mass is 9.72. The Balaban J connectivity index is 0.00000133. The number of aryl methyl sites for hydroxylation is 1. The van der Waals surface area contributed by atoms with E-state index in [4.69, 9.17) is 24.2 Å². The third kappa shape index (κ3) is 10.8. The van der Waals surface area contributed by atoms with Crippen molar-refractivity contribution in [3.05, 3.63) is 130 Å². The number of nitrogens with one attached hydrogen (secondary N) is 1. The Labute approximate surface area is 303 Å². The summed E-state index contributed by atoms with van der Waals surface area (Å²) in [4.78, 5) is 26.4. The van der Waals surface area contributed by atoms with Crippen LogP contribution in [0.5, 0.6) is 0 Å². The molecule has 0 radical (unpaired) electrons. The molecule has 1 aliphatic carbocycles. The topological polar surface area (TPSA) is 97.4 Å². The first kappa shape index (κ1) is 38.5. The molecule has 0 bridgehead atoms. The second kappa shape index (κ2) is 17.6. The summed E-state index contributed by atoms with van der Waals surface area (Å²) in [6.45, 7) is 11.1. The standard InChI is InChI=1S/C42H46ClNO2.O3S/c1-6-7-40(45)34-10-8-29(9-11-34)27-39(33-14-12-30(13-15-33)31-16-20-35(21-17-31)42(3,4)5)41(46)44-37-23-18-32(19-24-37)38-25-22-36(43)26-28(38)2;1-4(2)3/h8-16,18-19,22-26,35,39H,6-7,17,20-21,27H2,1-5H3,(H,44,46);/t35-,39-;/m0./s1. The van der Waals surface area contributed by atoms with Crippen LogP contribution in [-0.2, 0) is 21.8 Å². The highest BCUT2D eigenvalue weighted by Gasteiger charge is 2.27. The molecule has 4 aromatic carbocycles. The molecule has 0 spiro atoms. The zero-order valence-corrected chi connectivity index (χ0v) is 31.0. The van der Waals surface area contributed by atoms with Gasteiger partial charge in [-0.1, -0.05) is 112 Å². The van der Waals surface area contributed by atoms with Crippen molar-refractivity contribution in [3.63, 3.8) is 0 Å². The Hall–Kier alpha value is -4.33. The minimum atomic E-state index is -3.11. The van der Waals surface area contributed by atoms with Crippen molar-refractivity contribution < 1.29 is 22.2 Å². The van der Waals surface area contributed by atoms with E-state index in [1.165, 1.54) is 17.6 Å². The number of rotatable bonds is 10. The molecule has 6 nitrogen and oxygen atoms in total. The summed E-state index contributed by atoms with van der Waals surface area (Å²) in [5.74, 6) is 0.410. The van der Waals surface area contributed by atoms with Crippen LogP contribution in [0, 0.1) is 18.3 Å². The lowest BCUT2D eigenvalue weighted by molar-refractivity contribution is -0.117. The first-order valence-corrected chi connectivity index (χ1v) is 18.5. The van der Waals surface area contributed by atoms with Crippen LogP contribution in [0.4, 0.5) is 5.69 Å². The van der Waals surface area contributed by atoms with Crippen molar-refractivity contribution in [3.8, 4) is 11.1 Å². The number of amides is 1. The van der Waals surface area contributed by atoms with Crippen molar-refractivity contribution in [1.82, 2.24) is 0 Å². The van der Waals surface area contributed by atoms with E-state index in [-0.39, 0.29) is 11.7 Å². The van der Waals surface area contributed by atoms with Crippen molar-refractivity contribution in [2.24, 2.45) is 11.3 Å². The van der Waals surface area contributed by atoms with Crippen LogP contribution in [0.15, 0.2) is 97.1 Å². The van der Waals surface area contributed by atoms with E-state index in [0.717, 1.165) is 63.4 Å². The van der Waals surface area contributed by atoms with Crippen LogP contribution in [-0.4, -0.2) is 24.3 Å². The molecule has 8 heteroatoms. The van der Waals surface area contributed by atoms with Crippen molar-refractivity contribution in [2.75, 3.05) is 5.32 Å². The molecule has 1 amide bonds. The van der Waals surface area contributed by atoms with Gasteiger partial charge in [-0.05, 0) is 114 Å². The number of anilines is 1. The zero-order valence-electron chi connectivity index (χ0n) is 29.5. The highest BCUT2D eigenvalue weighted by Crippen LogP contribution is 2.40. The van der Waals surface area contributed by atoms with Gasteiger partial charge < -0.3 is 5.32 Å². The van der Waals surface area contributed by atoms with Crippen molar-refractivity contribution >= 4 is 45.2 Å². The van der Waals surface area contributed by atoms with Gasteiger partial charge >= 0.3 is 10.6 Å². The molecule has 0 saturated carbocycles. The van der Waals surface area contributed by atoms with Gasteiger partial charge in [0.25, 0.3) is 0 Å². The van der Waals surface area contributed by atoms with Gasteiger partial charge in [-0.25, -0.2) is 0 Å². The number of hydrogen-bond donors (Lipinski definition) is 1. The maximum Gasteiger partial charge on any atom is 0.425 e. The molecule has 0 fully saturated rings. The molecule has 4 aromatic rings. The van der Waals surface area contributed by atoms with Gasteiger partial charge in [0.05, 0.1) is 5.92 Å². The highest BCUT2D eigenvalue weighted by molar-refractivity contribution is 7.59. The SMILES string of the molecule is CCCC(=O)c1ccc(C[C@H](C(=O)Nc2ccc(-c3ccc(Cl)cc3C)cc2)c2ccc(C3=CC[C@H](C(C)(C)C)CC3)cc2)cc1.O=S(=O)=O. The molecular formula is C42H46ClNO5S. The lowest BCUT2D eigenvalue weighted by Gasteiger charge is -2.33. The molecule has 2 atom stereocenters. The summed E-state index contributed by atoms with van der Waals surface area (Å²) in [6.07, 6.45) is 7.71. The first-order valence-electron chi connectivity index (χ1n) is 17.1. The fraction of sp³-hybridized carbons (Fsp3) is 0.333. The quantitative estimate of drug-likeness (QED) is 0.165.